The number of benzene rings is 1. The number of hydrogen-bond acceptors (Lipinski definition) is 5. The summed E-state index contributed by atoms with van der Waals surface area (Å²) in [6.07, 6.45) is 1.64. The van der Waals surface area contributed by atoms with E-state index in [1.807, 2.05) is 47.4 Å². The summed E-state index contributed by atoms with van der Waals surface area (Å²) in [5.41, 5.74) is 0.918. The Morgan fingerprint density at radius 3 is 2.75 bits per heavy atom. The van der Waals surface area contributed by atoms with Crippen LogP contribution < -0.4 is 0 Å². The van der Waals surface area contributed by atoms with Crippen LogP contribution in [-0.2, 0) is 17.9 Å². The van der Waals surface area contributed by atoms with Crippen LogP contribution >= 0.6 is 0 Å². The van der Waals surface area contributed by atoms with Crippen molar-refractivity contribution in [2.75, 3.05) is 20.1 Å². The van der Waals surface area contributed by atoms with Crippen molar-refractivity contribution in [2.24, 2.45) is 4.99 Å². The van der Waals surface area contributed by atoms with Gasteiger partial charge in [0.15, 0.2) is 0 Å². The minimum Gasteiger partial charge on any atom is -0.466 e. The molecule has 3 aliphatic heterocycles. The monoisotopic (exact) mass is 378 g/mol. The number of amidine groups is 1. The van der Waals surface area contributed by atoms with E-state index in [4.69, 9.17) is 4.42 Å². The molecule has 142 valence electrons. The van der Waals surface area contributed by atoms with Gasteiger partial charge in [-0.05, 0) is 17.7 Å². The Kier molecular flexibility index (Phi) is 3.78. The largest absolute Gasteiger partial charge is 0.466 e. The first-order chi connectivity index (χ1) is 13.6. The van der Waals surface area contributed by atoms with Crippen LogP contribution in [0, 0.1) is 0 Å². The van der Waals surface area contributed by atoms with Gasteiger partial charge in [0.1, 0.15) is 12.3 Å². The Balaban J connectivity index is 1.46. The summed E-state index contributed by atoms with van der Waals surface area (Å²) in [4.78, 5) is 35.5. The van der Waals surface area contributed by atoms with E-state index >= 15 is 0 Å². The van der Waals surface area contributed by atoms with Gasteiger partial charge in [-0.25, -0.2) is 9.69 Å². The molecule has 1 saturated heterocycles. The first-order valence-electron chi connectivity index (χ1n) is 9.26. The number of imide groups is 1. The van der Waals surface area contributed by atoms with Gasteiger partial charge in [0.2, 0.25) is 11.9 Å². The zero-order chi connectivity index (χ0) is 19.3. The molecule has 3 amide bonds. The Morgan fingerprint density at radius 1 is 1.18 bits per heavy atom. The molecule has 1 unspecified atom stereocenters. The third-order valence-corrected chi connectivity index (χ3v) is 5.39. The summed E-state index contributed by atoms with van der Waals surface area (Å²) in [6.45, 7) is 2.28. The average Bonchev–Trinajstić information content (AvgIpc) is 3.43. The Hall–Kier alpha value is -3.42. The molecule has 1 fully saturated rings. The first kappa shape index (κ1) is 16.7. The molecule has 0 N–H and O–H groups in total. The van der Waals surface area contributed by atoms with E-state index in [-0.39, 0.29) is 18.5 Å². The zero-order valence-electron chi connectivity index (χ0n) is 15.5. The van der Waals surface area contributed by atoms with Gasteiger partial charge >= 0.3 is 12.0 Å². The lowest BCUT2D eigenvalue weighted by molar-refractivity contribution is -0.537. The van der Waals surface area contributed by atoms with Crippen molar-refractivity contribution in [3.63, 3.8) is 0 Å². The van der Waals surface area contributed by atoms with Crippen molar-refractivity contribution in [1.82, 2.24) is 14.7 Å². The predicted molar refractivity (Wildman–Crippen MR) is 101 cm³/mol. The number of rotatable bonds is 4. The lowest BCUT2D eigenvalue weighted by Gasteiger charge is -2.34. The molecular weight excluding hydrogens is 358 g/mol. The van der Waals surface area contributed by atoms with Gasteiger partial charge < -0.3 is 4.42 Å². The molecule has 28 heavy (non-hydrogen) atoms. The molecule has 0 spiro atoms. The second-order valence-corrected chi connectivity index (χ2v) is 7.12. The van der Waals surface area contributed by atoms with Crippen LogP contribution in [0.2, 0.25) is 0 Å². The maximum atomic E-state index is 13.2. The minimum atomic E-state index is -0.553. The van der Waals surface area contributed by atoms with Gasteiger partial charge in [-0.2, -0.15) is 0 Å². The zero-order valence-corrected chi connectivity index (χ0v) is 15.5. The molecule has 2 aromatic rings. The number of aliphatic imine (C=N–C) groups is 1. The van der Waals surface area contributed by atoms with Crippen LogP contribution in [0.5, 0.6) is 0 Å². The SMILES string of the molecule is CN1C(=O)N(Cc2ccccc2)C(=O)C2C1=NC1=[N+](Cc3ccco3)CCN12. The minimum absolute atomic E-state index is 0.222. The van der Waals surface area contributed by atoms with E-state index in [2.05, 4.69) is 9.57 Å². The molecule has 0 radical (unpaired) electrons. The third-order valence-electron chi connectivity index (χ3n) is 5.39. The molecule has 3 aliphatic rings. The van der Waals surface area contributed by atoms with Crippen LogP contribution in [-0.4, -0.2) is 69.2 Å². The van der Waals surface area contributed by atoms with Crippen molar-refractivity contribution in [2.45, 2.75) is 19.1 Å². The fraction of sp³-hybridized carbons (Fsp3) is 0.300. The van der Waals surface area contributed by atoms with Gasteiger partial charge in [0.05, 0.1) is 25.9 Å². The highest BCUT2D eigenvalue weighted by atomic mass is 16.3. The summed E-state index contributed by atoms with van der Waals surface area (Å²) in [5, 5.41) is 0. The van der Waals surface area contributed by atoms with Crippen LogP contribution in [0.4, 0.5) is 4.79 Å². The molecular formula is C20H20N5O3+. The number of fused-ring (bicyclic) bond motifs is 3. The normalized spacial score (nSPS) is 21.4. The highest BCUT2D eigenvalue weighted by Crippen LogP contribution is 2.27. The average molecular weight is 378 g/mol. The molecule has 1 atom stereocenters. The van der Waals surface area contributed by atoms with Gasteiger partial charge in [-0.15, -0.1) is 0 Å². The van der Waals surface area contributed by atoms with E-state index in [0.29, 0.717) is 18.9 Å². The van der Waals surface area contributed by atoms with E-state index in [9.17, 15) is 9.59 Å². The van der Waals surface area contributed by atoms with E-state index in [1.165, 1.54) is 9.80 Å². The fourth-order valence-electron chi connectivity index (χ4n) is 3.97. The molecule has 0 saturated carbocycles. The van der Waals surface area contributed by atoms with Gasteiger partial charge in [-0.3, -0.25) is 19.2 Å². The number of nitrogens with zero attached hydrogens (tertiary/aromatic N) is 5. The maximum Gasteiger partial charge on any atom is 0.393 e. The second kappa shape index (κ2) is 6.33. The molecule has 0 aliphatic carbocycles. The summed E-state index contributed by atoms with van der Waals surface area (Å²) in [5.74, 6) is 1.84. The molecule has 8 heteroatoms. The van der Waals surface area contributed by atoms with Crippen molar-refractivity contribution >= 4 is 23.7 Å². The highest BCUT2D eigenvalue weighted by molar-refractivity contribution is 6.25. The lowest BCUT2D eigenvalue weighted by Crippen LogP contribution is -2.63. The smallest absolute Gasteiger partial charge is 0.393 e. The van der Waals surface area contributed by atoms with Crippen molar-refractivity contribution in [1.29, 1.82) is 0 Å². The third kappa shape index (κ3) is 2.52. The Labute approximate surface area is 162 Å². The number of likely N-dealkylation sites (N-methyl/N-ethyl adjacent to an activating group) is 1. The standard InChI is InChI=1S/C20H20N5O3/c1-22-17-16(18(26)25(20(22)27)12-14-6-3-2-4-7-14)24-10-9-23(19(24)21-17)13-15-8-5-11-28-15/h2-8,11,16H,9-10,12-13H2,1H3/q+1. The first-order valence-corrected chi connectivity index (χ1v) is 9.26. The van der Waals surface area contributed by atoms with Crippen molar-refractivity contribution < 1.29 is 18.6 Å². The van der Waals surface area contributed by atoms with Crippen LogP contribution in [0.25, 0.3) is 0 Å². The molecule has 0 bridgehead atoms. The number of furan rings is 1. The Bertz CT molecular complexity index is 996. The highest BCUT2D eigenvalue weighted by Gasteiger charge is 2.57. The molecule has 8 nitrogen and oxygen atoms in total. The van der Waals surface area contributed by atoms with Gasteiger partial charge in [-0.1, -0.05) is 35.3 Å². The molecule has 5 rings (SSSR count). The molecule has 1 aromatic carbocycles. The summed E-state index contributed by atoms with van der Waals surface area (Å²) in [6, 6.07) is 12.4. The fourth-order valence-corrected chi connectivity index (χ4v) is 3.97. The van der Waals surface area contributed by atoms with Gasteiger partial charge in [0, 0.05) is 7.05 Å². The van der Waals surface area contributed by atoms with E-state index in [1.54, 1.807) is 13.3 Å². The van der Waals surface area contributed by atoms with Crippen LogP contribution in [0.15, 0.2) is 58.1 Å². The van der Waals surface area contributed by atoms with Crippen molar-refractivity contribution in [3.05, 3.63) is 60.1 Å². The van der Waals surface area contributed by atoms with Crippen LogP contribution in [0.3, 0.4) is 0 Å². The second-order valence-electron chi connectivity index (χ2n) is 7.12. The number of hydrogen-bond donors (Lipinski definition) is 0. The Morgan fingerprint density at radius 2 is 2.00 bits per heavy atom. The number of amides is 3. The number of carbonyl (C=O) groups excluding carboxylic acids is 2. The topological polar surface area (TPSA) is 72.4 Å². The van der Waals surface area contributed by atoms with E-state index in [0.717, 1.165) is 23.8 Å². The summed E-state index contributed by atoms with van der Waals surface area (Å²) < 4.78 is 7.52. The van der Waals surface area contributed by atoms with Crippen molar-refractivity contribution in [3.8, 4) is 0 Å². The lowest BCUT2D eigenvalue weighted by atomic mass is 10.1. The predicted octanol–water partition coefficient (Wildman–Crippen LogP) is 1.34. The van der Waals surface area contributed by atoms with Crippen LogP contribution in [0.1, 0.15) is 11.3 Å². The summed E-state index contributed by atoms with van der Waals surface area (Å²) >= 11 is 0. The van der Waals surface area contributed by atoms with Gasteiger partial charge in [0.25, 0.3) is 5.91 Å². The molecule has 1 aromatic heterocycles. The number of carbonyl (C=O) groups is 2. The molecule has 4 heterocycles. The maximum absolute atomic E-state index is 13.2. The number of urea groups is 1. The quantitative estimate of drug-likeness (QED) is 0.753. The number of guanidine groups is 1. The summed E-state index contributed by atoms with van der Waals surface area (Å²) in [7, 11) is 1.68. The van der Waals surface area contributed by atoms with E-state index < -0.39 is 6.04 Å².